The van der Waals surface area contributed by atoms with Gasteiger partial charge in [0, 0.05) is 17.5 Å². The Labute approximate surface area is 153 Å². The van der Waals surface area contributed by atoms with Crippen LogP contribution in [0.25, 0.3) is 0 Å². The number of hydrogen-bond donors (Lipinski definition) is 2. The van der Waals surface area contributed by atoms with E-state index in [9.17, 15) is 14.0 Å². The smallest absolute Gasteiger partial charge is 0.275 e. The van der Waals surface area contributed by atoms with Crippen LogP contribution in [-0.2, 0) is 11.2 Å². The van der Waals surface area contributed by atoms with E-state index in [0.717, 1.165) is 16.9 Å². The molecule has 0 aliphatic heterocycles. The molecule has 2 amide bonds. The van der Waals surface area contributed by atoms with Gasteiger partial charge in [0.1, 0.15) is 11.5 Å². The average molecular weight is 369 g/mol. The van der Waals surface area contributed by atoms with Gasteiger partial charge in [-0.2, -0.15) is 0 Å². The summed E-state index contributed by atoms with van der Waals surface area (Å²) in [7, 11) is 0. The summed E-state index contributed by atoms with van der Waals surface area (Å²) in [5.74, 6) is -1.07. The number of halogens is 1. The van der Waals surface area contributed by atoms with Crippen molar-refractivity contribution in [2.75, 3.05) is 10.6 Å². The van der Waals surface area contributed by atoms with Crippen molar-refractivity contribution in [2.24, 2.45) is 0 Å². The van der Waals surface area contributed by atoms with Crippen molar-refractivity contribution in [3.63, 3.8) is 0 Å². The molecule has 3 rings (SSSR count). The number of aromatic nitrogens is 1. The lowest BCUT2D eigenvalue weighted by atomic mass is 10.1. The van der Waals surface area contributed by atoms with Crippen molar-refractivity contribution >= 4 is 34.0 Å². The van der Waals surface area contributed by atoms with Gasteiger partial charge in [-0.25, -0.2) is 9.37 Å². The number of amides is 2. The molecule has 0 saturated heterocycles. The lowest BCUT2D eigenvalue weighted by molar-refractivity contribution is -0.116. The van der Waals surface area contributed by atoms with Crippen molar-refractivity contribution in [3.8, 4) is 0 Å². The highest BCUT2D eigenvalue weighted by Gasteiger charge is 2.13. The molecule has 3 aromatic rings. The van der Waals surface area contributed by atoms with Gasteiger partial charge in [-0.3, -0.25) is 9.59 Å². The highest BCUT2D eigenvalue weighted by molar-refractivity contribution is 7.14. The largest absolute Gasteiger partial charge is 0.321 e. The molecule has 1 aromatic heterocycles. The first-order valence-corrected chi connectivity index (χ1v) is 8.84. The fourth-order valence-corrected chi connectivity index (χ4v) is 2.99. The Bertz CT molecular complexity index is 912. The van der Waals surface area contributed by atoms with E-state index in [-0.39, 0.29) is 11.6 Å². The van der Waals surface area contributed by atoms with E-state index in [1.165, 1.54) is 18.2 Å². The Morgan fingerprint density at radius 3 is 2.62 bits per heavy atom. The second kappa shape index (κ2) is 8.35. The molecule has 0 spiro atoms. The van der Waals surface area contributed by atoms with Crippen molar-refractivity contribution in [3.05, 3.63) is 77.1 Å². The van der Waals surface area contributed by atoms with Crippen LogP contribution in [0.5, 0.6) is 0 Å². The fraction of sp³-hybridized carbons (Fsp3) is 0.105. The number of aryl methyl sites for hydroxylation is 1. The molecule has 0 saturated carbocycles. The number of rotatable bonds is 6. The minimum Gasteiger partial charge on any atom is -0.321 e. The van der Waals surface area contributed by atoms with Crippen molar-refractivity contribution < 1.29 is 14.0 Å². The van der Waals surface area contributed by atoms with Gasteiger partial charge >= 0.3 is 0 Å². The van der Waals surface area contributed by atoms with E-state index >= 15 is 0 Å². The molecule has 5 nitrogen and oxygen atoms in total. The molecule has 2 aromatic carbocycles. The molecule has 0 radical (unpaired) electrons. The number of hydrogen-bond acceptors (Lipinski definition) is 4. The second-order valence-electron chi connectivity index (χ2n) is 5.54. The van der Waals surface area contributed by atoms with E-state index in [1.54, 1.807) is 11.4 Å². The molecule has 0 atom stereocenters. The van der Waals surface area contributed by atoms with E-state index in [4.69, 9.17) is 0 Å². The van der Waals surface area contributed by atoms with Crippen LogP contribution in [0.1, 0.15) is 22.5 Å². The van der Waals surface area contributed by atoms with Crippen LogP contribution in [0.3, 0.4) is 0 Å². The summed E-state index contributed by atoms with van der Waals surface area (Å²) in [4.78, 5) is 28.2. The summed E-state index contributed by atoms with van der Waals surface area (Å²) in [6.45, 7) is 0. The maximum absolute atomic E-state index is 13.2. The molecule has 0 aliphatic rings. The van der Waals surface area contributed by atoms with Crippen molar-refractivity contribution in [2.45, 2.75) is 12.8 Å². The molecule has 2 N–H and O–H groups in total. The Hall–Kier alpha value is -3.06. The molecule has 132 valence electrons. The summed E-state index contributed by atoms with van der Waals surface area (Å²) in [6.07, 6.45) is 0.958. The second-order valence-corrected chi connectivity index (χ2v) is 6.39. The number of benzene rings is 2. The summed E-state index contributed by atoms with van der Waals surface area (Å²) in [5.41, 5.74) is 1.59. The predicted octanol–water partition coefficient (Wildman–Crippen LogP) is 4.11. The molecular formula is C19H16FN3O2S. The molecule has 0 unspecified atom stereocenters. The average Bonchev–Trinajstić information content (AvgIpc) is 3.09. The number of carbonyl (C=O) groups excluding carboxylic acids is 2. The normalized spacial score (nSPS) is 10.3. The van der Waals surface area contributed by atoms with Crippen molar-refractivity contribution in [1.29, 1.82) is 0 Å². The molecular weight excluding hydrogens is 353 g/mol. The van der Waals surface area contributed by atoms with Crippen LogP contribution in [0, 0.1) is 5.82 Å². The van der Waals surface area contributed by atoms with Gasteiger partial charge < -0.3 is 10.6 Å². The minimum absolute atomic E-state index is 0.164. The predicted molar refractivity (Wildman–Crippen MR) is 99.9 cm³/mol. The quantitative estimate of drug-likeness (QED) is 0.687. The number of nitrogens with zero attached hydrogens (tertiary/aromatic N) is 1. The molecule has 0 aliphatic carbocycles. The summed E-state index contributed by atoms with van der Waals surface area (Å²) in [5, 5.41) is 7.15. The van der Waals surface area contributed by atoms with E-state index in [0.29, 0.717) is 23.7 Å². The zero-order valence-corrected chi connectivity index (χ0v) is 14.6. The highest BCUT2D eigenvalue weighted by atomic mass is 32.1. The lowest BCUT2D eigenvalue weighted by Crippen LogP contribution is -2.14. The Kier molecular flexibility index (Phi) is 5.70. The minimum atomic E-state index is -0.461. The summed E-state index contributed by atoms with van der Waals surface area (Å²) < 4.78 is 13.2. The van der Waals surface area contributed by atoms with Crippen molar-refractivity contribution in [1.82, 2.24) is 4.98 Å². The number of anilines is 2. The third-order valence-corrected chi connectivity index (χ3v) is 4.31. The van der Waals surface area contributed by atoms with E-state index in [1.807, 2.05) is 30.3 Å². The Morgan fingerprint density at radius 2 is 1.85 bits per heavy atom. The zero-order valence-electron chi connectivity index (χ0n) is 13.7. The van der Waals surface area contributed by atoms with Gasteiger partial charge in [0.05, 0.1) is 0 Å². The third kappa shape index (κ3) is 4.97. The number of carbonyl (C=O) groups is 2. The van der Waals surface area contributed by atoms with Crippen LogP contribution in [0.2, 0.25) is 0 Å². The van der Waals surface area contributed by atoms with Gasteiger partial charge in [-0.15, -0.1) is 11.3 Å². The summed E-state index contributed by atoms with van der Waals surface area (Å²) >= 11 is 1.16. The summed E-state index contributed by atoms with van der Waals surface area (Å²) in [6, 6.07) is 15.3. The first kappa shape index (κ1) is 17.8. The molecule has 0 bridgehead atoms. The SMILES string of the molecule is O=C(CCc1ccccc1)Nc1nc(C(=O)Nc2cccc(F)c2)cs1. The van der Waals surface area contributed by atoms with Gasteiger partial charge in [0.2, 0.25) is 5.91 Å². The van der Waals surface area contributed by atoms with Crippen LogP contribution in [-0.4, -0.2) is 16.8 Å². The highest BCUT2D eigenvalue weighted by Crippen LogP contribution is 2.18. The Morgan fingerprint density at radius 1 is 1.04 bits per heavy atom. The molecule has 7 heteroatoms. The van der Waals surface area contributed by atoms with Gasteiger partial charge in [-0.1, -0.05) is 36.4 Å². The van der Waals surface area contributed by atoms with Gasteiger partial charge in [0.15, 0.2) is 5.13 Å². The van der Waals surface area contributed by atoms with Gasteiger partial charge in [0.25, 0.3) is 5.91 Å². The first-order chi connectivity index (χ1) is 12.6. The zero-order chi connectivity index (χ0) is 18.4. The number of thiazole rings is 1. The van der Waals surface area contributed by atoms with Crippen LogP contribution < -0.4 is 10.6 Å². The molecule has 26 heavy (non-hydrogen) atoms. The monoisotopic (exact) mass is 369 g/mol. The van der Waals surface area contributed by atoms with Gasteiger partial charge in [-0.05, 0) is 30.2 Å². The van der Waals surface area contributed by atoms with Crippen LogP contribution in [0.4, 0.5) is 15.2 Å². The third-order valence-electron chi connectivity index (χ3n) is 3.55. The lowest BCUT2D eigenvalue weighted by Gasteiger charge is -2.03. The number of nitrogens with one attached hydrogen (secondary N) is 2. The standard InChI is InChI=1S/C19H16FN3O2S/c20-14-7-4-8-15(11-14)21-18(25)16-12-26-19(22-16)23-17(24)10-9-13-5-2-1-3-6-13/h1-8,11-12H,9-10H2,(H,21,25)(H,22,23,24). The Balaban J connectivity index is 1.53. The molecule has 0 fully saturated rings. The first-order valence-electron chi connectivity index (χ1n) is 7.96. The van der Waals surface area contributed by atoms with Crippen LogP contribution in [0.15, 0.2) is 60.0 Å². The van der Waals surface area contributed by atoms with E-state index in [2.05, 4.69) is 15.6 Å². The fourth-order valence-electron chi connectivity index (χ4n) is 2.28. The maximum atomic E-state index is 13.2. The topological polar surface area (TPSA) is 71.1 Å². The maximum Gasteiger partial charge on any atom is 0.275 e. The van der Waals surface area contributed by atoms with E-state index < -0.39 is 11.7 Å². The molecule has 1 heterocycles. The van der Waals surface area contributed by atoms with Crippen LogP contribution >= 0.6 is 11.3 Å².